The van der Waals surface area contributed by atoms with Crippen LogP contribution >= 0.6 is 0 Å². The highest BCUT2D eigenvalue weighted by Gasteiger charge is 2.47. The smallest absolute Gasteiger partial charge is 0.243 e. The fourth-order valence-corrected chi connectivity index (χ4v) is 5.83. The van der Waals surface area contributed by atoms with Crippen LogP contribution < -0.4 is 0 Å². The maximum atomic E-state index is 13.2. The zero-order chi connectivity index (χ0) is 18.8. The Morgan fingerprint density at radius 3 is 2.54 bits per heavy atom. The number of aryl methyl sites for hydroxylation is 1. The largest absolute Gasteiger partial charge is 0.332 e. The molecule has 0 N–H and O–H groups in total. The average Bonchev–Trinajstić information content (AvgIpc) is 2.65. The number of piperidine rings is 2. The third-order valence-corrected chi connectivity index (χ3v) is 7.57. The first kappa shape index (κ1) is 19.1. The third kappa shape index (κ3) is 3.45. The van der Waals surface area contributed by atoms with Crippen molar-refractivity contribution in [1.82, 2.24) is 9.21 Å². The molecule has 0 radical (unpaired) electrons. The van der Waals surface area contributed by atoms with Gasteiger partial charge in [0.05, 0.1) is 10.4 Å². The molecule has 6 heteroatoms. The summed E-state index contributed by atoms with van der Waals surface area (Å²) in [4.78, 5) is 14.7. The number of carbonyl (C=O) groups is 1. The van der Waals surface area contributed by atoms with E-state index in [1.807, 2.05) is 24.0 Å². The maximum absolute atomic E-state index is 13.2. The van der Waals surface area contributed by atoms with Crippen LogP contribution in [0.5, 0.6) is 0 Å². The molecule has 5 nitrogen and oxygen atoms in total. The summed E-state index contributed by atoms with van der Waals surface area (Å²) in [6.07, 6.45) is 6.47. The fraction of sp³-hybridized carbons (Fsp3) is 0.550. The number of nitrogens with zero attached hydrogens (tertiary/aromatic N) is 2. The van der Waals surface area contributed by atoms with E-state index in [-0.39, 0.29) is 5.91 Å². The number of likely N-dealkylation sites (tertiary alicyclic amines) is 1. The molecule has 1 amide bonds. The topological polar surface area (TPSA) is 57.7 Å². The summed E-state index contributed by atoms with van der Waals surface area (Å²) >= 11 is 0. The van der Waals surface area contributed by atoms with Gasteiger partial charge in [0, 0.05) is 26.1 Å². The molecule has 1 aromatic carbocycles. The van der Waals surface area contributed by atoms with E-state index >= 15 is 0 Å². The lowest BCUT2D eigenvalue weighted by Gasteiger charge is -2.51. The first-order valence-electron chi connectivity index (χ1n) is 9.43. The van der Waals surface area contributed by atoms with Crippen molar-refractivity contribution in [3.05, 3.63) is 42.5 Å². The van der Waals surface area contributed by atoms with Crippen LogP contribution in [0.1, 0.15) is 44.6 Å². The summed E-state index contributed by atoms with van der Waals surface area (Å²) in [7, 11) is -3.55. The van der Waals surface area contributed by atoms with Crippen molar-refractivity contribution >= 4 is 15.9 Å². The Labute approximate surface area is 156 Å². The molecule has 1 spiro atoms. The summed E-state index contributed by atoms with van der Waals surface area (Å²) in [5, 5.41) is 0. The molecular weight excluding hydrogens is 348 g/mol. The Morgan fingerprint density at radius 2 is 1.88 bits per heavy atom. The highest BCUT2D eigenvalue weighted by molar-refractivity contribution is 7.89. The lowest BCUT2D eigenvalue weighted by Crippen LogP contribution is -2.63. The van der Waals surface area contributed by atoms with Gasteiger partial charge in [-0.2, -0.15) is 4.31 Å². The van der Waals surface area contributed by atoms with Gasteiger partial charge >= 0.3 is 0 Å². The molecule has 0 saturated carbocycles. The zero-order valence-corrected chi connectivity index (χ0v) is 16.3. The summed E-state index contributed by atoms with van der Waals surface area (Å²) < 4.78 is 27.9. The van der Waals surface area contributed by atoms with Gasteiger partial charge in [-0.3, -0.25) is 4.79 Å². The number of hydrogen-bond acceptors (Lipinski definition) is 3. The van der Waals surface area contributed by atoms with Gasteiger partial charge in [-0.15, -0.1) is 6.58 Å². The van der Waals surface area contributed by atoms with Crippen LogP contribution in [0.2, 0.25) is 0 Å². The van der Waals surface area contributed by atoms with E-state index in [0.29, 0.717) is 31.0 Å². The summed E-state index contributed by atoms with van der Waals surface area (Å²) in [5.41, 5.74) is 0.729. The number of sulfonamides is 1. The van der Waals surface area contributed by atoms with Crippen molar-refractivity contribution in [2.45, 2.75) is 55.9 Å². The molecule has 1 aromatic rings. The highest BCUT2D eigenvalue weighted by atomic mass is 32.2. The van der Waals surface area contributed by atoms with Crippen LogP contribution in [0, 0.1) is 0 Å². The van der Waals surface area contributed by atoms with Gasteiger partial charge in [0.1, 0.15) is 0 Å². The molecule has 26 heavy (non-hydrogen) atoms. The Balaban J connectivity index is 1.88. The SMILES string of the molecule is C=CCN1C(=O)CCCC12CCCN(S(=O)(=O)c1ccc(CC)cc1)C2. The quantitative estimate of drug-likeness (QED) is 0.743. The first-order chi connectivity index (χ1) is 12.4. The fourth-order valence-electron chi connectivity index (χ4n) is 4.27. The zero-order valence-electron chi connectivity index (χ0n) is 15.5. The monoisotopic (exact) mass is 376 g/mol. The Bertz CT molecular complexity index is 769. The standard InChI is InChI=1S/C20H28N2O3S/c1-3-14-22-19(23)7-5-12-20(22)13-6-15-21(16-20)26(24,25)18-10-8-17(4-2)9-11-18/h3,8-11H,1,4-7,12-16H2,2H3. The van der Waals surface area contributed by atoms with Crippen LogP contribution in [-0.2, 0) is 21.2 Å². The van der Waals surface area contributed by atoms with E-state index in [1.165, 1.54) is 0 Å². The van der Waals surface area contributed by atoms with Crippen molar-refractivity contribution in [2.75, 3.05) is 19.6 Å². The van der Waals surface area contributed by atoms with Crippen LogP contribution in [0.15, 0.2) is 41.8 Å². The van der Waals surface area contributed by atoms with Crippen molar-refractivity contribution in [3.63, 3.8) is 0 Å². The second-order valence-electron chi connectivity index (χ2n) is 7.31. The maximum Gasteiger partial charge on any atom is 0.243 e. The van der Waals surface area contributed by atoms with E-state index in [4.69, 9.17) is 0 Å². The van der Waals surface area contributed by atoms with E-state index < -0.39 is 15.6 Å². The number of rotatable bonds is 5. The van der Waals surface area contributed by atoms with Crippen LogP contribution in [0.25, 0.3) is 0 Å². The van der Waals surface area contributed by atoms with Gasteiger partial charge in [-0.25, -0.2) is 8.42 Å². The van der Waals surface area contributed by atoms with E-state index in [9.17, 15) is 13.2 Å². The summed E-state index contributed by atoms with van der Waals surface area (Å²) in [6.45, 7) is 7.19. The average molecular weight is 377 g/mol. The van der Waals surface area contributed by atoms with Gasteiger partial charge in [-0.1, -0.05) is 25.1 Å². The predicted octanol–water partition coefficient (Wildman–Crippen LogP) is 2.97. The Kier molecular flexibility index (Phi) is 5.53. The minimum absolute atomic E-state index is 0.114. The van der Waals surface area contributed by atoms with Crippen molar-refractivity contribution in [2.24, 2.45) is 0 Å². The van der Waals surface area contributed by atoms with Crippen LogP contribution in [0.3, 0.4) is 0 Å². The summed E-state index contributed by atoms with van der Waals surface area (Å²) in [5.74, 6) is 0.114. The number of amides is 1. The van der Waals surface area contributed by atoms with Gasteiger partial charge in [0.2, 0.25) is 15.9 Å². The normalized spacial score (nSPS) is 24.8. The van der Waals surface area contributed by atoms with Gasteiger partial charge < -0.3 is 4.90 Å². The van der Waals surface area contributed by atoms with E-state index in [2.05, 4.69) is 6.58 Å². The van der Waals surface area contributed by atoms with E-state index in [0.717, 1.165) is 37.7 Å². The van der Waals surface area contributed by atoms with Gasteiger partial charge in [0.15, 0.2) is 0 Å². The Hall–Kier alpha value is -1.66. The highest BCUT2D eigenvalue weighted by Crippen LogP contribution is 2.38. The molecular formula is C20H28N2O3S. The lowest BCUT2D eigenvalue weighted by molar-refractivity contribution is -0.143. The summed E-state index contributed by atoms with van der Waals surface area (Å²) in [6, 6.07) is 7.15. The van der Waals surface area contributed by atoms with Crippen molar-refractivity contribution < 1.29 is 13.2 Å². The second-order valence-corrected chi connectivity index (χ2v) is 9.25. The third-order valence-electron chi connectivity index (χ3n) is 5.71. The first-order valence-corrected chi connectivity index (χ1v) is 10.9. The van der Waals surface area contributed by atoms with Crippen molar-refractivity contribution in [3.8, 4) is 0 Å². The molecule has 2 heterocycles. The molecule has 2 aliphatic rings. The second kappa shape index (κ2) is 7.53. The molecule has 3 rings (SSSR count). The molecule has 1 unspecified atom stereocenters. The molecule has 2 aliphatic heterocycles. The minimum atomic E-state index is -3.55. The minimum Gasteiger partial charge on any atom is -0.332 e. The van der Waals surface area contributed by atoms with Crippen LogP contribution in [0.4, 0.5) is 0 Å². The molecule has 2 fully saturated rings. The molecule has 2 saturated heterocycles. The number of benzene rings is 1. The molecule has 0 bridgehead atoms. The predicted molar refractivity (Wildman–Crippen MR) is 102 cm³/mol. The lowest BCUT2D eigenvalue weighted by atomic mass is 9.80. The molecule has 1 atom stereocenters. The molecule has 142 valence electrons. The number of carbonyl (C=O) groups excluding carboxylic acids is 1. The molecule has 0 aliphatic carbocycles. The van der Waals surface area contributed by atoms with Crippen LogP contribution in [-0.4, -0.2) is 48.7 Å². The van der Waals surface area contributed by atoms with Gasteiger partial charge in [0.25, 0.3) is 0 Å². The van der Waals surface area contributed by atoms with Crippen molar-refractivity contribution in [1.29, 1.82) is 0 Å². The number of hydrogen-bond donors (Lipinski definition) is 0. The Morgan fingerprint density at radius 1 is 1.19 bits per heavy atom. The van der Waals surface area contributed by atoms with Gasteiger partial charge in [-0.05, 0) is 49.8 Å². The van der Waals surface area contributed by atoms with E-state index in [1.54, 1.807) is 22.5 Å². The molecule has 0 aromatic heterocycles.